The largest absolute Gasteiger partial charge is 0.493 e. The second-order valence-electron chi connectivity index (χ2n) is 5.76. The highest BCUT2D eigenvalue weighted by Gasteiger charge is 2.07. The number of hydrogen-bond acceptors (Lipinski definition) is 4. The van der Waals surface area contributed by atoms with Crippen LogP contribution in [0, 0.1) is 0 Å². The Morgan fingerprint density at radius 2 is 1.65 bits per heavy atom. The van der Waals surface area contributed by atoms with Gasteiger partial charge in [-0.1, -0.05) is 36.4 Å². The van der Waals surface area contributed by atoms with Crippen molar-refractivity contribution in [2.75, 3.05) is 20.8 Å². The van der Waals surface area contributed by atoms with Crippen LogP contribution < -0.4 is 19.5 Å². The zero-order valence-corrected chi connectivity index (χ0v) is 14.8. The van der Waals surface area contributed by atoms with E-state index in [1.165, 1.54) is 0 Å². The van der Waals surface area contributed by atoms with Crippen molar-refractivity contribution in [2.24, 2.45) is 0 Å². The molecule has 0 aliphatic carbocycles. The lowest BCUT2D eigenvalue weighted by Crippen LogP contribution is -2.28. The zero-order chi connectivity index (χ0) is 18.4. The van der Waals surface area contributed by atoms with Gasteiger partial charge in [-0.05, 0) is 40.6 Å². The fraction of sp³-hybridized carbons (Fsp3) is 0.190. The molecule has 134 valence electrons. The van der Waals surface area contributed by atoms with Crippen molar-refractivity contribution >= 4 is 16.7 Å². The number of fused-ring (bicyclic) bond motifs is 1. The molecule has 0 radical (unpaired) electrons. The third-order valence-corrected chi connectivity index (χ3v) is 4.03. The Kier molecular flexibility index (Phi) is 5.59. The first-order valence-corrected chi connectivity index (χ1v) is 8.29. The van der Waals surface area contributed by atoms with Gasteiger partial charge in [0.25, 0.3) is 5.91 Å². The van der Waals surface area contributed by atoms with Crippen molar-refractivity contribution < 1.29 is 19.0 Å². The van der Waals surface area contributed by atoms with Crippen LogP contribution in [0.15, 0.2) is 60.7 Å². The van der Waals surface area contributed by atoms with E-state index in [1.54, 1.807) is 14.2 Å². The minimum atomic E-state index is -0.187. The van der Waals surface area contributed by atoms with Gasteiger partial charge in [-0.15, -0.1) is 0 Å². The number of amides is 1. The smallest absolute Gasteiger partial charge is 0.258 e. The van der Waals surface area contributed by atoms with Gasteiger partial charge in [-0.3, -0.25) is 4.79 Å². The standard InChI is InChI=1S/C21H21NO4/c1-24-19-10-7-15(11-20(19)25-2)13-22-21(23)14-26-18-9-8-16-5-3-4-6-17(16)12-18/h3-12H,13-14H2,1-2H3,(H,22,23). The van der Waals surface area contributed by atoms with Gasteiger partial charge in [0.05, 0.1) is 14.2 Å². The summed E-state index contributed by atoms with van der Waals surface area (Å²) in [5.41, 5.74) is 0.918. The van der Waals surface area contributed by atoms with E-state index in [4.69, 9.17) is 14.2 Å². The Bertz CT molecular complexity index is 907. The van der Waals surface area contributed by atoms with Crippen molar-refractivity contribution in [3.05, 3.63) is 66.2 Å². The lowest BCUT2D eigenvalue weighted by atomic mass is 10.1. The number of methoxy groups -OCH3 is 2. The Balaban J connectivity index is 1.53. The van der Waals surface area contributed by atoms with Crippen molar-refractivity contribution in [3.63, 3.8) is 0 Å². The molecule has 0 spiro atoms. The van der Waals surface area contributed by atoms with Gasteiger partial charge >= 0.3 is 0 Å². The van der Waals surface area contributed by atoms with Gasteiger partial charge in [0.15, 0.2) is 18.1 Å². The third kappa shape index (κ3) is 4.25. The van der Waals surface area contributed by atoms with Gasteiger partial charge in [-0.25, -0.2) is 0 Å². The van der Waals surface area contributed by atoms with Gasteiger partial charge < -0.3 is 19.5 Å². The maximum absolute atomic E-state index is 12.0. The van der Waals surface area contributed by atoms with E-state index in [0.717, 1.165) is 16.3 Å². The van der Waals surface area contributed by atoms with Crippen LogP contribution in [0.4, 0.5) is 0 Å². The van der Waals surface area contributed by atoms with Crippen LogP contribution in [0.3, 0.4) is 0 Å². The number of ether oxygens (including phenoxy) is 3. The van der Waals surface area contributed by atoms with E-state index in [9.17, 15) is 4.79 Å². The van der Waals surface area contributed by atoms with Gasteiger partial charge in [0.2, 0.25) is 0 Å². The molecule has 0 aromatic heterocycles. The Labute approximate surface area is 152 Å². The van der Waals surface area contributed by atoms with Crippen LogP contribution in [0.25, 0.3) is 10.8 Å². The van der Waals surface area contributed by atoms with Crippen molar-refractivity contribution in [1.82, 2.24) is 5.32 Å². The normalized spacial score (nSPS) is 10.4. The van der Waals surface area contributed by atoms with Crippen molar-refractivity contribution in [2.45, 2.75) is 6.54 Å². The van der Waals surface area contributed by atoms with Crippen LogP contribution >= 0.6 is 0 Å². The van der Waals surface area contributed by atoms with E-state index in [-0.39, 0.29) is 12.5 Å². The predicted molar refractivity (Wildman–Crippen MR) is 101 cm³/mol. The highest BCUT2D eigenvalue weighted by Crippen LogP contribution is 2.27. The quantitative estimate of drug-likeness (QED) is 0.707. The van der Waals surface area contributed by atoms with E-state index < -0.39 is 0 Å². The summed E-state index contributed by atoms with van der Waals surface area (Å²) < 4.78 is 16.1. The van der Waals surface area contributed by atoms with Gasteiger partial charge in [0.1, 0.15) is 5.75 Å². The molecule has 1 amide bonds. The molecule has 3 aromatic rings. The molecule has 0 saturated heterocycles. The van der Waals surface area contributed by atoms with Crippen LogP contribution in [-0.2, 0) is 11.3 Å². The third-order valence-electron chi connectivity index (χ3n) is 4.03. The van der Waals surface area contributed by atoms with Crippen LogP contribution in [-0.4, -0.2) is 26.7 Å². The van der Waals surface area contributed by atoms with E-state index >= 15 is 0 Å². The number of rotatable bonds is 7. The number of carbonyl (C=O) groups is 1. The van der Waals surface area contributed by atoms with Gasteiger partial charge in [0, 0.05) is 6.54 Å². The average molecular weight is 351 g/mol. The highest BCUT2D eigenvalue weighted by atomic mass is 16.5. The Hall–Kier alpha value is -3.21. The summed E-state index contributed by atoms with van der Waals surface area (Å²) >= 11 is 0. The summed E-state index contributed by atoms with van der Waals surface area (Å²) in [6.07, 6.45) is 0. The van der Waals surface area contributed by atoms with Gasteiger partial charge in [-0.2, -0.15) is 0 Å². The topological polar surface area (TPSA) is 56.8 Å². The molecule has 3 rings (SSSR count). The summed E-state index contributed by atoms with van der Waals surface area (Å²) in [6.45, 7) is 0.353. The Morgan fingerprint density at radius 3 is 2.42 bits per heavy atom. The zero-order valence-electron chi connectivity index (χ0n) is 14.8. The SMILES string of the molecule is COc1ccc(CNC(=O)COc2ccc3ccccc3c2)cc1OC. The number of hydrogen-bond donors (Lipinski definition) is 1. The lowest BCUT2D eigenvalue weighted by molar-refractivity contribution is -0.123. The maximum Gasteiger partial charge on any atom is 0.258 e. The maximum atomic E-state index is 12.0. The first-order chi connectivity index (χ1) is 12.7. The van der Waals surface area contributed by atoms with Crippen LogP contribution in [0.2, 0.25) is 0 Å². The molecular formula is C21H21NO4. The minimum Gasteiger partial charge on any atom is -0.493 e. The molecule has 3 aromatic carbocycles. The summed E-state index contributed by atoms with van der Waals surface area (Å²) in [4.78, 5) is 12.0. The number of carbonyl (C=O) groups excluding carboxylic acids is 1. The molecule has 0 bridgehead atoms. The van der Waals surface area contributed by atoms with Crippen LogP contribution in [0.1, 0.15) is 5.56 Å². The Morgan fingerprint density at radius 1 is 0.885 bits per heavy atom. The fourth-order valence-corrected chi connectivity index (χ4v) is 2.65. The molecule has 0 aliphatic rings. The first kappa shape index (κ1) is 17.6. The van der Waals surface area contributed by atoms with E-state index in [2.05, 4.69) is 5.32 Å². The summed E-state index contributed by atoms with van der Waals surface area (Å²) in [7, 11) is 3.17. The molecule has 5 heteroatoms. The first-order valence-electron chi connectivity index (χ1n) is 8.29. The molecule has 0 atom stereocenters. The molecule has 26 heavy (non-hydrogen) atoms. The lowest BCUT2D eigenvalue weighted by Gasteiger charge is -2.11. The van der Waals surface area contributed by atoms with E-state index in [1.807, 2.05) is 60.7 Å². The molecule has 0 unspecified atom stereocenters. The number of nitrogens with one attached hydrogen (secondary N) is 1. The minimum absolute atomic E-state index is 0.0361. The van der Waals surface area contributed by atoms with Crippen LogP contribution in [0.5, 0.6) is 17.2 Å². The van der Waals surface area contributed by atoms with Crippen molar-refractivity contribution in [1.29, 1.82) is 0 Å². The fourth-order valence-electron chi connectivity index (χ4n) is 2.65. The molecule has 0 saturated carbocycles. The highest BCUT2D eigenvalue weighted by molar-refractivity contribution is 5.84. The summed E-state index contributed by atoms with van der Waals surface area (Å²) in [5, 5.41) is 5.05. The van der Waals surface area contributed by atoms with Crippen molar-refractivity contribution in [3.8, 4) is 17.2 Å². The monoisotopic (exact) mass is 351 g/mol. The molecular weight excluding hydrogens is 330 g/mol. The number of benzene rings is 3. The average Bonchev–Trinajstić information content (AvgIpc) is 2.70. The summed E-state index contributed by atoms with van der Waals surface area (Å²) in [5.74, 6) is 1.77. The van der Waals surface area contributed by atoms with E-state index in [0.29, 0.717) is 23.8 Å². The predicted octanol–water partition coefficient (Wildman–Crippen LogP) is 3.55. The molecule has 1 N–H and O–H groups in total. The molecule has 0 fully saturated rings. The summed E-state index contributed by atoms with van der Waals surface area (Å²) in [6, 6.07) is 19.3. The second kappa shape index (κ2) is 8.25. The second-order valence-corrected chi connectivity index (χ2v) is 5.76. The molecule has 5 nitrogen and oxygen atoms in total. The molecule has 0 heterocycles. The molecule has 0 aliphatic heterocycles.